The van der Waals surface area contributed by atoms with Crippen LogP contribution in [0.3, 0.4) is 0 Å². The van der Waals surface area contributed by atoms with E-state index in [-0.39, 0.29) is 11.8 Å². The molecule has 0 saturated heterocycles. The number of carbonyl (C=O) groups excluding carboxylic acids is 1. The van der Waals surface area contributed by atoms with Crippen LogP contribution in [-0.4, -0.2) is 10.9 Å². The van der Waals surface area contributed by atoms with E-state index in [1.807, 2.05) is 13.0 Å². The average molecular weight is 202 g/mol. The number of carbonyl (C=O) groups is 1. The minimum absolute atomic E-state index is 0.0440. The molecule has 0 fully saturated rings. The molecular formula is C9H8F2OS. The predicted octanol–water partition coefficient (Wildman–Crippen LogP) is 3.09. The topological polar surface area (TPSA) is 17.1 Å². The molecule has 1 nitrogen and oxygen atoms in total. The highest BCUT2D eigenvalue weighted by Crippen LogP contribution is 2.20. The predicted molar refractivity (Wildman–Crippen MR) is 49.1 cm³/mol. The van der Waals surface area contributed by atoms with Gasteiger partial charge in [-0.05, 0) is 24.8 Å². The molecule has 4 heteroatoms. The van der Waals surface area contributed by atoms with Gasteiger partial charge in [-0.3, -0.25) is 4.79 Å². The molecule has 0 amide bonds. The van der Waals surface area contributed by atoms with Gasteiger partial charge in [0.1, 0.15) is 0 Å². The van der Waals surface area contributed by atoms with Crippen molar-refractivity contribution in [3.05, 3.63) is 35.4 Å². The molecule has 1 aromatic rings. The third-order valence-electron chi connectivity index (χ3n) is 1.45. The summed E-state index contributed by atoms with van der Waals surface area (Å²) >= 11 is 0.0440. The molecule has 0 saturated carbocycles. The lowest BCUT2D eigenvalue weighted by molar-refractivity contribution is 0.108. The Balaban J connectivity index is 2.77. The highest BCUT2D eigenvalue weighted by molar-refractivity contribution is 8.14. The molecule has 0 heterocycles. The van der Waals surface area contributed by atoms with Crippen LogP contribution in [0.1, 0.15) is 15.9 Å². The van der Waals surface area contributed by atoms with E-state index < -0.39 is 10.9 Å². The van der Waals surface area contributed by atoms with Crippen molar-refractivity contribution < 1.29 is 13.6 Å². The van der Waals surface area contributed by atoms with Gasteiger partial charge in [0.15, 0.2) is 0 Å². The number of thioether (sulfide) groups is 1. The zero-order chi connectivity index (χ0) is 9.84. The Labute approximate surface area is 79.1 Å². The van der Waals surface area contributed by atoms with E-state index in [1.54, 1.807) is 12.1 Å². The lowest BCUT2D eigenvalue weighted by Gasteiger charge is -2.00. The summed E-state index contributed by atoms with van der Waals surface area (Å²) < 4.78 is 23.6. The fraction of sp³-hybridized carbons (Fsp3) is 0.222. The van der Waals surface area contributed by atoms with Crippen molar-refractivity contribution in [2.75, 3.05) is 0 Å². The van der Waals surface area contributed by atoms with Gasteiger partial charge in [0.25, 0.3) is 5.76 Å². The van der Waals surface area contributed by atoms with Crippen molar-refractivity contribution in [1.82, 2.24) is 0 Å². The summed E-state index contributed by atoms with van der Waals surface area (Å²) in [5.41, 5.74) is 1.21. The van der Waals surface area contributed by atoms with Crippen LogP contribution in [0.2, 0.25) is 0 Å². The number of hydrogen-bond acceptors (Lipinski definition) is 2. The van der Waals surface area contributed by atoms with Gasteiger partial charge in [-0.2, -0.15) is 8.78 Å². The van der Waals surface area contributed by atoms with E-state index in [0.29, 0.717) is 5.56 Å². The van der Waals surface area contributed by atoms with Crippen LogP contribution in [-0.2, 0) is 0 Å². The van der Waals surface area contributed by atoms with Crippen molar-refractivity contribution in [3.63, 3.8) is 0 Å². The van der Waals surface area contributed by atoms with E-state index in [0.717, 1.165) is 5.56 Å². The van der Waals surface area contributed by atoms with Gasteiger partial charge in [-0.25, -0.2) is 0 Å². The van der Waals surface area contributed by atoms with Crippen molar-refractivity contribution in [2.24, 2.45) is 0 Å². The first kappa shape index (κ1) is 10.2. The van der Waals surface area contributed by atoms with Gasteiger partial charge in [-0.1, -0.05) is 23.8 Å². The molecule has 0 aliphatic carbocycles. The summed E-state index contributed by atoms with van der Waals surface area (Å²) in [5.74, 6) is -2.65. The molecule has 0 aliphatic rings. The van der Waals surface area contributed by atoms with E-state index >= 15 is 0 Å². The molecule has 0 radical (unpaired) electrons. The lowest BCUT2D eigenvalue weighted by Crippen LogP contribution is -1.97. The summed E-state index contributed by atoms with van der Waals surface area (Å²) in [6.45, 7) is 1.81. The molecule has 0 spiro atoms. The standard InChI is InChI=1S/C9H8F2OS/c1-6-3-2-4-7(5-6)8(12)13-9(10)11/h2-5,9H,1H3. The first-order valence-electron chi connectivity index (χ1n) is 3.65. The number of rotatable bonds is 2. The molecule has 0 bridgehead atoms. The molecule has 0 aromatic heterocycles. The van der Waals surface area contributed by atoms with Crippen molar-refractivity contribution in [1.29, 1.82) is 0 Å². The Morgan fingerprint density at radius 3 is 2.69 bits per heavy atom. The van der Waals surface area contributed by atoms with Gasteiger partial charge in [0.2, 0.25) is 5.12 Å². The monoisotopic (exact) mass is 202 g/mol. The number of halogens is 2. The fourth-order valence-corrected chi connectivity index (χ4v) is 1.35. The Morgan fingerprint density at radius 1 is 1.46 bits per heavy atom. The summed E-state index contributed by atoms with van der Waals surface area (Å²) in [7, 11) is 0. The molecule has 0 N–H and O–H groups in total. The number of alkyl halides is 2. The number of aryl methyl sites for hydroxylation is 1. The first-order chi connectivity index (χ1) is 6.09. The smallest absolute Gasteiger partial charge is 0.281 e. The van der Waals surface area contributed by atoms with E-state index in [2.05, 4.69) is 0 Å². The highest BCUT2D eigenvalue weighted by atomic mass is 32.2. The minimum Gasteiger partial charge on any atom is -0.281 e. The van der Waals surface area contributed by atoms with Gasteiger partial charge in [0.05, 0.1) is 0 Å². The number of hydrogen-bond donors (Lipinski definition) is 0. The number of benzene rings is 1. The van der Waals surface area contributed by atoms with Crippen LogP contribution in [0, 0.1) is 6.92 Å². The maximum Gasteiger partial charge on any atom is 0.291 e. The second kappa shape index (κ2) is 4.37. The third-order valence-corrected chi connectivity index (χ3v) is 2.08. The van der Waals surface area contributed by atoms with Crippen molar-refractivity contribution in [3.8, 4) is 0 Å². The molecule has 1 aromatic carbocycles. The summed E-state index contributed by atoms with van der Waals surface area (Å²) in [5, 5.41) is -0.585. The molecule has 1 rings (SSSR count). The lowest BCUT2D eigenvalue weighted by atomic mass is 10.2. The molecular weight excluding hydrogens is 194 g/mol. The van der Waals surface area contributed by atoms with Crippen LogP contribution in [0.15, 0.2) is 24.3 Å². The van der Waals surface area contributed by atoms with Crippen LogP contribution in [0.25, 0.3) is 0 Å². The van der Waals surface area contributed by atoms with Gasteiger partial charge >= 0.3 is 0 Å². The van der Waals surface area contributed by atoms with Crippen LogP contribution in [0.5, 0.6) is 0 Å². The summed E-state index contributed by atoms with van der Waals surface area (Å²) in [4.78, 5) is 11.1. The van der Waals surface area contributed by atoms with Gasteiger partial charge in [0, 0.05) is 5.56 Å². The minimum atomic E-state index is -2.65. The SMILES string of the molecule is Cc1cccc(C(=O)SC(F)F)c1. The maximum absolute atomic E-state index is 11.8. The molecule has 0 unspecified atom stereocenters. The Kier molecular flexibility index (Phi) is 3.42. The van der Waals surface area contributed by atoms with Crippen LogP contribution in [0.4, 0.5) is 8.78 Å². The average Bonchev–Trinajstić information content (AvgIpc) is 2.03. The van der Waals surface area contributed by atoms with E-state index in [4.69, 9.17) is 0 Å². The van der Waals surface area contributed by atoms with E-state index in [9.17, 15) is 13.6 Å². The molecule has 0 aliphatic heterocycles. The molecule has 70 valence electrons. The summed E-state index contributed by atoms with van der Waals surface area (Å²) in [6, 6.07) is 6.61. The normalized spacial score (nSPS) is 10.5. The highest BCUT2D eigenvalue weighted by Gasteiger charge is 2.13. The van der Waals surface area contributed by atoms with Crippen LogP contribution < -0.4 is 0 Å². The maximum atomic E-state index is 11.8. The van der Waals surface area contributed by atoms with Crippen molar-refractivity contribution >= 4 is 16.9 Å². The summed E-state index contributed by atoms with van der Waals surface area (Å²) in [6.07, 6.45) is 0. The van der Waals surface area contributed by atoms with E-state index in [1.165, 1.54) is 6.07 Å². The Bertz CT molecular complexity index is 312. The first-order valence-corrected chi connectivity index (χ1v) is 4.53. The second-order valence-electron chi connectivity index (χ2n) is 2.54. The second-order valence-corrected chi connectivity index (χ2v) is 3.50. The third kappa shape index (κ3) is 3.14. The zero-order valence-electron chi connectivity index (χ0n) is 6.96. The zero-order valence-corrected chi connectivity index (χ0v) is 7.78. The molecule has 13 heavy (non-hydrogen) atoms. The van der Waals surface area contributed by atoms with Crippen molar-refractivity contribution in [2.45, 2.75) is 12.7 Å². The van der Waals surface area contributed by atoms with Gasteiger partial charge < -0.3 is 0 Å². The fourth-order valence-electron chi connectivity index (χ4n) is 0.921. The Morgan fingerprint density at radius 2 is 2.15 bits per heavy atom. The molecule has 0 atom stereocenters. The largest absolute Gasteiger partial charge is 0.291 e. The quantitative estimate of drug-likeness (QED) is 0.733. The van der Waals surface area contributed by atoms with Gasteiger partial charge in [-0.15, -0.1) is 0 Å². The van der Waals surface area contributed by atoms with Crippen LogP contribution >= 0.6 is 11.8 Å². The Hall–Kier alpha value is -0.900.